The van der Waals surface area contributed by atoms with Gasteiger partial charge in [0.2, 0.25) is 0 Å². The highest BCUT2D eigenvalue weighted by Gasteiger charge is 2.28. The Balaban J connectivity index is 1.96. The summed E-state index contributed by atoms with van der Waals surface area (Å²) in [6.45, 7) is 0. The smallest absolute Gasteiger partial charge is 0.340 e. The fourth-order valence-electron chi connectivity index (χ4n) is 2.66. The first-order valence-corrected chi connectivity index (χ1v) is 14.4. The molecular formula is C18H14O12S4. The van der Waals surface area contributed by atoms with Crippen molar-refractivity contribution in [3.8, 4) is 11.5 Å². The Hall–Kier alpha value is -3.02. The van der Waals surface area contributed by atoms with Crippen LogP contribution in [0.15, 0.2) is 92.4 Å². The van der Waals surface area contributed by atoms with Crippen molar-refractivity contribution in [2.45, 2.75) is 19.6 Å². The molecule has 16 heteroatoms. The van der Waals surface area contributed by atoms with Crippen molar-refractivity contribution >= 4 is 40.5 Å². The van der Waals surface area contributed by atoms with E-state index in [0.717, 1.165) is 48.5 Å². The van der Waals surface area contributed by atoms with Gasteiger partial charge in [0.1, 0.15) is 31.1 Å². The van der Waals surface area contributed by atoms with Crippen LogP contribution in [0.5, 0.6) is 11.5 Å². The minimum absolute atomic E-state index is 0.499. The van der Waals surface area contributed by atoms with Crippen LogP contribution < -0.4 is 8.37 Å². The van der Waals surface area contributed by atoms with Gasteiger partial charge in [0.05, 0.1) is 0 Å². The average molecular weight is 551 g/mol. The Morgan fingerprint density at radius 1 is 0.471 bits per heavy atom. The van der Waals surface area contributed by atoms with E-state index in [9.17, 15) is 42.8 Å². The molecule has 3 aromatic carbocycles. The number of benzene rings is 3. The SMILES string of the molecule is O=S(=O)(O)c1ccccc1S(=O)(=O)Oc1cccc(OS(=O)(=O)c2ccccc2S(=O)(=O)O)c1. The normalized spacial score (nSPS) is 12.8. The lowest BCUT2D eigenvalue weighted by Gasteiger charge is -2.12. The van der Waals surface area contributed by atoms with E-state index < -0.39 is 71.6 Å². The van der Waals surface area contributed by atoms with Gasteiger partial charge in [-0.2, -0.15) is 33.7 Å². The second-order valence-electron chi connectivity index (χ2n) is 6.39. The summed E-state index contributed by atoms with van der Waals surface area (Å²) in [5, 5.41) is 0. The molecule has 0 saturated carbocycles. The van der Waals surface area contributed by atoms with Crippen molar-refractivity contribution in [2.24, 2.45) is 0 Å². The van der Waals surface area contributed by atoms with Crippen LogP contribution in [-0.2, 0) is 40.5 Å². The molecule has 0 aliphatic rings. The molecule has 0 fully saturated rings. The molecule has 0 spiro atoms. The zero-order valence-corrected chi connectivity index (χ0v) is 19.8. The van der Waals surface area contributed by atoms with Crippen LogP contribution in [0.3, 0.4) is 0 Å². The van der Waals surface area contributed by atoms with Gasteiger partial charge in [-0.15, -0.1) is 0 Å². The lowest BCUT2D eigenvalue weighted by Crippen LogP contribution is -2.15. The van der Waals surface area contributed by atoms with Gasteiger partial charge in [-0.25, -0.2) is 0 Å². The van der Waals surface area contributed by atoms with E-state index in [2.05, 4.69) is 0 Å². The van der Waals surface area contributed by atoms with Crippen LogP contribution in [0.4, 0.5) is 0 Å². The summed E-state index contributed by atoms with van der Waals surface area (Å²) in [6, 6.07) is 12.3. The lowest BCUT2D eigenvalue weighted by atomic mass is 10.3. The molecule has 0 radical (unpaired) electrons. The maximum Gasteiger partial charge on any atom is 0.340 e. The topological polar surface area (TPSA) is 195 Å². The Morgan fingerprint density at radius 3 is 1.12 bits per heavy atom. The number of hydrogen-bond acceptors (Lipinski definition) is 10. The van der Waals surface area contributed by atoms with E-state index in [1.54, 1.807) is 0 Å². The fourth-order valence-corrected chi connectivity index (χ4v) is 7.06. The van der Waals surface area contributed by atoms with Gasteiger partial charge in [-0.05, 0) is 36.4 Å². The molecular weight excluding hydrogens is 536 g/mol. The molecule has 0 bridgehead atoms. The average Bonchev–Trinajstić information content (AvgIpc) is 2.72. The summed E-state index contributed by atoms with van der Waals surface area (Å²) >= 11 is 0. The fraction of sp³-hybridized carbons (Fsp3) is 0. The van der Waals surface area contributed by atoms with Crippen molar-refractivity contribution in [2.75, 3.05) is 0 Å². The maximum absolute atomic E-state index is 12.6. The zero-order chi connectivity index (χ0) is 25.4. The second kappa shape index (κ2) is 8.97. The minimum Gasteiger partial charge on any atom is -0.379 e. The first-order valence-electron chi connectivity index (χ1n) is 8.73. The molecule has 0 amide bonds. The molecule has 0 atom stereocenters. The largest absolute Gasteiger partial charge is 0.379 e. The standard InChI is InChI=1S/C18H14O12S4/c19-31(20,21)15-8-1-3-10-17(15)33(25,26)29-13-6-5-7-14(12-13)30-34(27,28)18-11-4-2-9-16(18)32(22,23)24/h1-12H,(H,19,20,21)(H,22,23,24). The van der Waals surface area contributed by atoms with Crippen molar-refractivity contribution < 1.29 is 51.1 Å². The molecule has 12 nitrogen and oxygen atoms in total. The third-order valence-corrected chi connectivity index (χ3v) is 8.71. The quantitative estimate of drug-likeness (QED) is 0.305. The Morgan fingerprint density at radius 2 is 0.794 bits per heavy atom. The molecule has 0 aromatic heterocycles. The van der Waals surface area contributed by atoms with Gasteiger partial charge in [0.25, 0.3) is 20.2 Å². The number of hydrogen-bond donors (Lipinski definition) is 2. The van der Waals surface area contributed by atoms with Crippen LogP contribution in [-0.4, -0.2) is 42.8 Å². The van der Waals surface area contributed by atoms with Crippen LogP contribution in [0.1, 0.15) is 0 Å². The van der Waals surface area contributed by atoms with Gasteiger partial charge in [0, 0.05) is 6.07 Å². The van der Waals surface area contributed by atoms with Gasteiger partial charge in [0.15, 0.2) is 0 Å². The highest BCUT2D eigenvalue weighted by molar-refractivity contribution is 7.90. The predicted molar refractivity (Wildman–Crippen MR) is 115 cm³/mol. The molecule has 3 rings (SSSR count). The third kappa shape index (κ3) is 5.72. The van der Waals surface area contributed by atoms with E-state index in [1.165, 1.54) is 24.3 Å². The van der Waals surface area contributed by atoms with Gasteiger partial charge >= 0.3 is 20.2 Å². The monoisotopic (exact) mass is 550 g/mol. The Labute approximate surface area is 195 Å². The molecule has 34 heavy (non-hydrogen) atoms. The van der Waals surface area contributed by atoms with E-state index in [4.69, 9.17) is 8.37 Å². The molecule has 182 valence electrons. The minimum atomic E-state index is -4.92. The van der Waals surface area contributed by atoms with E-state index in [-0.39, 0.29) is 0 Å². The molecule has 0 aliphatic carbocycles. The van der Waals surface area contributed by atoms with E-state index >= 15 is 0 Å². The summed E-state index contributed by atoms with van der Waals surface area (Å²) in [4.78, 5) is -3.63. The Bertz CT molecular complexity index is 1550. The molecule has 3 aromatic rings. The highest BCUT2D eigenvalue weighted by Crippen LogP contribution is 2.29. The molecule has 0 unspecified atom stereocenters. The summed E-state index contributed by atoms with van der Waals surface area (Å²) in [5.74, 6) is -0.998. The van der Waals surface area contributed by atoms with Crippen LogP contribution in [0, 0.1) is 0 Å². The molecule has 0 aliphatic heterocycles. The summed E-state index contributed by atoms with van der Waals surface area (Å²) in [7, 11) is -19.5. The van der Waals surface area contributed by atoms with Crippen LogP contribution in [0.25, 0.3) is 0 Å². The molecule has 0 heterocycles. The maximum atomic E-state index is 12.6. The van der Waals surface area contributed by atoms with Gasteiger partial charge in [-0.3, -0.25) is 9.11 Å². The summed E-state index contributed by atoms with van der Waals surface area (Å²) in [6.07, 6.45) is 0. The van der Waals surface area contributed by atoms with Crippen molar-refractivity contribution in [1.82, 2.24) is 0 Å². The van der Waals surface area contributed by atoms with Crippen LogP contribution in [0.2, 0.25) is 0 Å². The Kier molecular flexibility index (Phi) is 6.75. The van der Waals surface area contributed by atoms with Crippen molar-refractivity contribution in [3.63, 3.8) is 0 Å². The predicted octanol–water partition coefficient (Wildman–Crippen LogP) is 1.72. The summed E-state index contributed by atoms with van der Waals surface area (Å²) < 4.78 is 125. The first kappa shape index (κ1) is 25.6. The van der Waals surface area contributed by atoms with Crippen LogP contribution >= 0.6 is 0 Å². The highest BCUT2D eigenvalue weighted by atomic mass is 32.2. The van der Waals surface area contributed by atoms with E-state index in [1.807, 2.05) is 0 Å². The first-order chi connectivity index (χ1) is 15.6. The lowest BCUT2D eigenvalue weighted by molar-refractivity contribution is 0.462. The van der Waals surface area contributed by atoms with Crippen molar-refractivity contribution in [1.29, 1.82) is 0 Å². The molecule has 2 N–H and O–H groups in total. The van der Waals surface area contributed by atoms with Gasteiger partial charge in [-0.1, -0.05) is 30.3 Å². The summed E-state index contributed by atoms with van der Waals surface area (Å²) in [5.41, 5.74) is 0. The molecule has 0 saturated heterocycles. The van der Waals surface area contributed by atoms with E-state index in [0.29, 0.717) is 0 Å². The van der Waals surface area contributed by atoms with Crippen molar-refractivity contribution in [3.05, 3.63) is 72.8 Å². The third-order valence-electron chi connectivity index (χ3n) is 4.01. The zero-order valence-electron chi connectivity index (χ0n) is 16.5. The van der Waals surface area contributed by atoms with Gasteiger partial charge < -0.3 is 8.37 Å². The number of rotatable bonds is 8. The second-order valence-corrected chi connectivity index (χ2v) is 12.2.